The van der Waals surface area contributed by atoms with Gasteiger partial charge in [-0.3, -0.25) is 0 Å². The summed E-state index contributed by atoms with van der Waals surface area (Å²) < 4.78 is 4.58. The molecule has 0 aliphatic carbocycles. The molecule has 0 aliphatic heterocycles. The molecule has 33 heavy (non-hydrogen) atoms. The Morgan fingerprint density at radius 3 is 1.61 bits per heavy atom. The molecule has 2 aromatic carbocycles. The zero-order valence-corrected chi connectivity index (χ0v) is 21.1. The minimum atomic E-state index is -0.373. The summed E-state index contributed by atoms with van der Waals surface area (Å²) in [5.41, 5.74) is 8.66. The van der Waals surface area contributed by atoms with Crippen LogP contribution in [0.3, 0.4) is 0 Å². The van der Waals surface area contributed by atoms with Crippen molar-refractivity contribution in [2.24, 2.45) is 19.5 Å². The van der Waals surface area contributed by atoms with Crippen LogP contribution in [0.4, 0.5) is 0 Å². The molecule has 4 aromatic rings. The third kappa shape index (κ3) is 3.68. The van der Waals surface area contributed by atoms with Crippen LogP contribution in [-0.2, 0) is 19.5 Å². The predicted octanol–water partition coefficient (Wildman–Crippen LogP) is 6.00. The molecule has 0 unspecified atom stereocenters. The first-order valence-corrected chi connectivity index (χ1v) is 11.8. The first-order valence-electron chi connectivity index (χ1n) is 11.8. The zero-order valence-electron chi connectivity index (χ0n) is 21.1. The van der Waals surface area contributed by atoms with Crippen molar-refractivity contribution in [3.63, 3.8) is 0 Å². The van der Waals surface area contributed by atoms with E-state index < -0.39 is 0 Å². The minimum Gasteiger partial charge on any atom is -0.204 e. The molecular weight excluding hydrogens is 400 g/mol. The highest BCUT2D eigenvalue weighted by Gasteiger charge is 2.57. The molecule has 0 spiro atoms. The number of hydrogen-bond donors (Lipinski definition) is 0. The molecule has 168 valence electrons. The number of pyridine rings is 2. The molecule has 2 aromatic heterocycles. The number of nitrogens with zero attached hydrogens (tertiary/aromatic N) is 2. The Morgan fingerprint density at radius 2 is 1.09 bits per heavy atom. The number of aromatic nitrogens is 2. The lowest BCUT2D eigenvalue weighted by Crippen LogP contribution is -2.56. The van der Waals surface area contributed by atoms with Crippen LogP contribution in [-0.4, -0.2) is 0 Å². The van der Waals surface area contributed by atoms with E-state index in [1.165, 1.54) is 39.2 Å². The van der Waals surface area contributed by atoms with Gasteiger partial charge in [0.25, 0.3) is 0 Å². The molecule has 0 N–H and O–H groups in total. The molecule has 0 aliphatic rings. The molecule has 0 amide bonds. The second-order valence-corrected chi connectivity index (χ2v) is 10.2. The highest BCUT2D eigenvalue weighted by atomic mass is 15.0. The Bertz CT molecular complexity index is 1250. The van der Waals surface area contributed by atoms with Gasteiger partial charge in [0.2, 0.25) is 11.4 Å². The normalized spacial score (nSPS) is 12.1. The average molecular weight is 437 g/mol. The van der Waals surface area contributed by atoms with Crippen LogP contribution in [0.15, 0.2) is 91.3 Å². The van der Waals surface area contributed by atoms with E-state index >= 15 is 0 Å². The Labute approximate surface area is 199 Å². The van der Waals surface area contributed by atoms with Crippen LogP contribution in [0.2, 0.25) is 0 Å². The summed E-state index contributed by atoms with van der Waals surface area (Å²) in [5, 5.41) is 0. The van der Waals surface area contributed by atoms with Gasteiger partial charge in [-0.1, -0.05) is 75.4 Å². The van der Waals surface area contributed by atoms with Crippen molar-refractivity contribution in [1.29, 1.82) is 0 Å². The predicted molar refractivity (Wildman–Crippen MR) is 136 cm³/mol. The standard InChI is InChI=1S/C31H36N2/c1-23-15-8-9-16-25(23)26-17-14-18-27(24(26)2)31(30(3,4)5,28-19-10-12-21-32(28)6)29-20-11-13-22-33(29)7/h8-22H,1-7H3/q+2. The lowest BCUT2D eigenvalue weighted by molar-refractivity contribution is -0.698. The molecule has 0 fully saturated rings. The fourth-order valence-electron chi connectivity index (χ4n) is 5.61. The minimum absolute atomic E-state index is 0.111. The van der Waals surface area contributed by atoms with Crippen LogP contribution >= 0.6 is 0 Å². The summed E-state index contributed by atoms with van der Waals surface area (Å²) in [6, 6.07) is 28.7. The second-order valence-electron chi connectivity index (χ2n) is 10.2. The summed E-state index contributed by atoms with van der Waals surface area (Å²) >= 11 is 0. The van der Waals surface area contributed by atoms with Gasteiger partial charge in [0.05, 0.1) is 0 Å². The molecule has 0 atom stereocenters. The molecule has 0 saturated heterocycles. The fourth-order valence-corrected chi connectivity index (χ4v) is 5.61. The largest absolute Gasteiger partial charge is 0.204 e. The van der Waals surface area contributed by atoms with E-state index in [1.54, 1.807) is 0 Å². The Balaban J connectivity index is 2.19. The topological polar surface area (TPSA) is 7.76 Å². The van der Waals surface area contributed by atoms with Crippen LogP contribution in [0.25, 0.3) is 11.1 Å². The number of hydrogen-bond acceptors (Lipinski definition) is 0. The van der Waals surface area contributed by atoms with Crippen LogP contribution in [0.1, 0.15) is 48.8 Å². The number of aryl methyl sites for hydroxylation is 3. The molecule has 4 rings (SSSR count). The van der Waals surface area contributed by atoms with E-state index in [2.05, 4.69) is 149 Å². The van der Waals surface area contributed by atoms with Gasteiger partial charge in [0, 0.05) is 24.3 Å². The van der Waals surface area contributed by atoms with Crippen molar-refractivity contribution >= 4 is 0 Å². The lowest BCUT2D eigenvalue weighted by Gasteiger charge is -2.42. The van der Waals surface area contributed by atoms with Gasteiger partial charge in [-0.2, -0.15) is 0 Å². The first-order chi connectivity index (χ1) is 15.7. The summed E-state index contributed by atoms with van der Waals surface area (Å²) in [6.45, 7) is 11.6. The quantitative estimate of drug-likeness (QED) is 0.347. The van der Waals surface area contributed by atoms with E-state index in [-0.39, 0.29) is 10.8 Å². The second kappa shape index (κ2) is 8.59. The van der Waals surface area contributed by atoms with Crippen molar-refractivity contribution in [2.45, 2.75) is 40.0 Å². The molecule has 2 heterocycles. The van der Waals surface area contributed by atoms with Crippen molar-refractivity contribution in [2.75, 3.05) is 0 Å². The highest BCUT2D eigenvalue weighted by molar-refractivity contribution is 5.73. The van der Waals surface area contributed by atoms with E-state index in [0.29, 0.717) is 0 Å². The maximum atomic E-state index is 2.37. The van der Waals surface area contributed by atoms with Gasteiger partial charge in [-0.25, -0.2) is 9.13 Å². The zero-order chi connectivity index (χ0) is 23.8. The van der Waals surface area contributed by atoms with E-state index in [9.17, 15) is 0 Å². The Kier molecular flexibility index (Phi) is 5.97. The van der Waals surface area contributed by atoms with Gasteiger partial charge in [-0.15, -0.1) is 0 Å². The summed E-state index contributed by atoms with van der Waals surface area (Å²) in [5.74, 6) is 0. The Hall–Kier alpha value is -3.26. The van der Waals surface area contributed by atoms with Gasteiger partial charge in [0.15, 0.2) is 17.8 Å². The smallest absolute Gasteiger partial charge is 0.203 e. The van der Waals surface area contributed by atoms with Crippen molar-refractivity contribution < 1.29 is 9.13 Å². The van der Waals surface area contributed by atoms with E-state index in [1.807, 2.05) is 0 Å². The average Bonchev–Trinajstić information content (AvgIpc) is 2.77. The van der Waals surface area contributed by atoms with Crippen molar-refractivity contribution in [1.82, 2.24) is 0 Å². The number of rotatable bonds is 4. The Morgan fingerprint density at radius 1 is 0.576 bits per heavy atom. The first kappa shape index (κ1) is 22.9. The molecular formula is C31H36N2+2. The van der Waals surface area contributed by atoms with Gasteiger partial charge in [0.1, 0.15) is 14.1 Å². The highest BCUT2D eigenvalue weighted by Crippen LogP contribution is 2.51. The van der Waals surface area contributed by atoms with Crippen molar-refractivity contribution in [3.05, 3.63) is 119 Å². The summed E-state index contributed by atoms with van der Waals surface area (Å²) in [6.07, 6.45) is 4.33. The monoisotopic (exact) mass is 436 g/mol. The van der Waals surface area contributed by atoms with E-state index in [0.717, 1.165) is 0 Å². The molecule has 0 radical (unpaired) electrons. The van der Waals surface area contributed by atoms with E-state index in [4.69, 9.17) is 0 Å². The molecule has 2 heteroatoms. The summed E-state index contributed by atoms with van der Waals surface area (Å²) in [4.78, 5) is 0. The third-order valence-electron chi connectivity index (χ3n) is 7.18. The fraction of sp³-hybridized carbons (Fsp3) is 0.290. The maximum Gasteiger partial charge on any atom is 0.203 e. The molecule has 0 bridgehead atoms. The van der Waals surface area contributed by atoms with Gasteiger partial charge >= 0.3 is 0 Å². The lowest BCUT2D eigenvalue weighted by atomic mass is 9.57. The van der Waals surface area contributed by atoms with Crippen LogP contribution in [0.5, 0.6) is 0 Å². The van der Waals surface area contributed by atoms with Gasteiger partial charge < -0.3 is 0 Å². The van der Waals surface area contributed by atoms with Crippen LogP contribution in [0, 0.1) is 19.3 Å². The maximum absolute atomic E-state index is 2.37. The van der Waals surface area contributed by atoms with Gasteiger partial charge in [-0.05, 0) is 47.1 Å². The van der Waals surface area contributed by atoms with Crippen LogP contribution < -0.4 is 9.13 Å². The third-order valence-corrected chi connectivity index (χ3v) is 7.18. The SMILES string of the molecule is Cc1ccccc1-c1cccc(C(c2cccc[n+]2C)(c2cccc[n+]2C)C(C)(C)C)c1C. The molecule has 2 nitrogen and oxygen atoms in total. The van der Waals surface area contributed by atoms with Crippen molar-refractivity contribution in [3.8, 4) is 11.1 Å². The number of benzene rings is 2. The summed E-state index contributed by atoms with van der Waals surface area (Å²) in [7, 11) is 4.33. The molecule has 0 saturated carbocycles.